The van der Waals surface area contributed by atoms with Gasteiger partial charge in [0.2, 0.25) is 5.91 Å². The number of imidazole rings is 1. The highest BCUT2D eigenvalue weighted by molar-refractivity contribution is 9.10. The minimum atomic E-state index is -0.477. The number of rotatable bonds is 5. The Morgan fingerprint density at radius 1 is 1.58 bits per heavy atom. The normalized spacial score (nSPS) is 16.3. The van der Waals surface area contributed by atoms with Crippen molar-refractivity contribution in [3.05, 3.63) is 35.1 Å². The molecule has 1 saturated carbocycles. The van der Waals surface area contributed by atoms with Crippen molar-refractivity contribution in [2.45, 2.75) is 24.8 Å². The van der Waals surface area contributed by atoms with Crippen LogP contribution in [-0.4, -0.2) is 32.2 Å². The van der Waals surface area contributed by atoms with E-state index in [1.54, 1.807) is 23.3 Å². The van der Waals surface area contributed by atoms with E-state index in [0.717, 1.165) is 23.1 Å². The Hall–Kier alpha value is -1.63. The highest BCUT2D eigenvalue weighted by atomic mass is 79.9. The molecule has 0 aliphatic heterocycles. The van der Waals surface area contributed by atoms with Gasteiger partial charge in [-0.25, -0.2) is 4.98 Å². The molecule has 1 amide bonds. The number of hydrogen-bond acceptors (Lipinski definition) is 3. The predicted octanol–water partition coefficient (Wildman–Crippen LogP) is 1.22. The molecule has 2 aromatic heterocycles. The predicted molar refractivity (Wildman–Crippen MR) is 72.4 cm³/mol. The molecule has 0 saturated heterocycles. The number of nitrogens with zero attached hydrogens (tertiary/aromatic N) is 3. The molecule has 3 rings (SSSR count). The Balaban J connectivity index is 1.58. The van der Waals surface area contributed by atoms with E-state index in [1.165, 1.54) is 0 Å². The number of amides is 1. The molecule has 0 radical (unpaired) electrons. The van der Waals surface area contributed by atoms with Crippen LogP contribution in [0, 0.1) is 0 Å². The van der Waals surface area contributed by atoms with E-state index >= 15 is 0 Å². The van der Waals surface area contributed by atoms with Gasteiger partial charge in [0.25, 0.3) is 0 Å². The molecule has 1 aliphatic carbocycles. The maximum atomic E-state index is 12.2. The third-order valence-corrected chi connectivity index (χ3v) is 3.75. The van der Waals surface area contributed by atoms with Gasteiger partial charge in [-0.15, -0.1) is 0 Å². The van der Waals surface area contributed by atoms with E-state index in [2.05, 4.69) is 36.3 Å². The molecule has 2 heterocycles. The summed E-state index contributed by atoms with van der Waals surface area (Å²) >= 11 is 3.35. The molecule has 2 N–H and O–H groups in total. The standard InChI is InChI=1S/C12H14BrN5O/c13-9-7-17-18(8-9)12(2-3-12)11(19)16-4-1-10-14-5-6-15-10/h5-8H,1-4H2,(H,14,15)(H,16,19). The Labute approximate surface area is 118 Å². The lowest BCUT2D eigenvalue weighted by Gasteiger charge is -2.15. The van der Waals surface area contributed by atoms with Crippen molar-refractivity contribution >= 4 is 21.8 Å². The Morgan fingerprint density at radius 3 is 3.00 bits per heavy atom. The second kappa shape index (κ2) is 4.80. The molecular weight excluding hydrogens is 310 g/mol. The summed E-state index contributed by atoms with van der Waals surface area (Å²) in [7, 11) is 0. The van der Waals surface area contributed by atoms with Crippen LogP contribution in [0.2, 0.25) is 0 Å². The zero-order valence-corrected chi connectivity index (χ0v) is 11.9. The van der Waals surface area contributed by atoms with Crippen LogP contribution in [0.3, 0.4) is 0 Å². The average molecular weight is 324 g/mol. The number of carbonyl (C=O) groups is 1. The molecular formula is C12H14BrN5O. The maximum Gasteiger partial charge on any atom is 0.248 e. The molecule has 0 unspecified atom stereocenters. The maximum absolute atomic E-state index is 12.2. The van der Waals surface area contributed by atoms with Crippen molar-refractivity contribution in [3.8, 4) is 0 Å². The first kappa shape index (κ1) is 12.4. The van der Waals surface area contributed by atoms with Crippen LogP contribution in [0.5, 0.6) is 0 Å². The van der Waals surface area contributed by atoms with Crippen LogP contribution in [0.25, 0.3) is 0 Å². The molecule has 2 aromatic rings. The lowest BCUT2D eigenvalue weighted by molar-refractivity contribution is -0.125. The van der Waals surface area contributed by atoms with Gasteiger partial charge in [0.15, 0.2) is 0 Å². The van der Waals surface area contributed by atoms with Crippen LogP contribution in [0.4, 0.5) is 0 Å². The molecule has 100 valence electrons. The third kappa shape index (κ3) is 2.42. The number of carbonyl (C=O) groups excluding carboxylic acids is 1. The van der Waals surface area contributed by atoms with Crippen LogP contribution < -0.4 is 5.32 Å². The largest absolute Gasteiger partial charge is 0.354 e. The molecule has 0 spiro atoms. The van der Waals surface area contributed by atoms with Gasteiger partial charge in [-0.2, -0.15) is 5.10 Å². The molecule has 0 bridgehead atoms. The van der Waals surface area contributed by atoms with Gasteiger partial charge in [-0.05, 0) is 28.8 Å². The van der Waals surface area contributed by atoms with Crippen molar-refractivity contribution in [3.63, 3.8) is 0 Å². The summed E-state index contributed by atoms with van der Waals surface area (Å²) in [6.07, 6.45) is 9.43. The highest BCUT2D eigenvalue weighted by Crippen LogP contribution is 2.43. The Morgan fingerprint density at radius 2 is 2.42 bits per heavy atom. The second-order valence-electron chi connectivity index (χ2n) is 4.68. The van der Waals surface area contributed by atoms with Crippen molar-refractivity contribution < 1.29 is 4.79 Å². The zero-order chi connectivity index (χ0) is 13.3. The minimum Gasteiger partial charge on any atom is -0.354 e. The number of halogens is 1. The number of hydrogen-bond donors (Lipinski definition) is 2. The zero-order valence-electron chi connectivity index (χ0n) is 10.3. The number of nitrogens with one attached hydrogen (secondary N) is 2. The number of H-pyrrole nitrogens is 1. The van der Waals surface area contributed by atoms with E-state index in [9.17, 15) is 4.79 Å². The summed E-state index contributed by atoms with van der Waals surface area (Å²) in [4.78, 5) is 19.4. The van der Waals surface area contributed by atoms with Crippen LogP contribution in [-0.2, 0) is 16.8 Å². The molecule has 6 nitrogen and oxygen atoms in total. The summed E-state index contributed by atoms with van der Waals surface area (Å²) in [6.45, 7) is 0.580. The van der Waals surface area contributed by atoms with Gasteiger partial charge in [-0.1, -0.05) is 0 Å². The molecule has 0 atom stereocenters. The minimum absolute atomic E-state index is 0.0367. The van der Waals surface area contributed by atoms with Crippen molar-refractivity contribution in [2.75, 3.05) is 6.54 Å². The lowest BCUT2D eigenvalue weighted by Crippen LogP contribution is -2.40. The van der Waals surface area contributed by atoms with Crippen molar-refractivity contribution in [2.24, 2.45) is 0 Å². The van der Waals surface area contributed by atoms with E-state index in [0.29, 0.717) is 13.0 Å². The topological polar surface area (TPSA) is 75.6 Å². The van der Waals surface area contributed by atoms with Crippen molar-refractivity contribution in [1.29, 1.82) is 0 Å². The number of aromatic nitrogens is 4. The molecule has 0 aromatic carbocycles. The van der Waals surface area contributed by atoms with E-state index in [-0.39, 0.29) is 5.91 Å². The van der Waals surface area contributed by atoms with E-state index in [4.69, 9.17) is 0 Å². The molecule has 19 heavy (non-hydrogen) atoms. The summed E-state index contributed by atoms with van der Waals surface area (Å²) in [6, 6.07) is 0. The fourth-order valence-electron chi connectivity index (χ4n) is 2.11. The first-order valence-corrected chi connectivity index (χ1v) is 6.97. The van der Waals surface area contributed by atoms with Gasteiger partial charge >= 0.3 is 0 Å². The van der Waals surface area contributed by atoms with Gasteiger partial charge in [0.1, 0.15) is 11.4 Å². The summed E-state index contributed by atoms with van der Waals surface area (Å²) in [5, 5.41) is 7.18. The second-order valence-corrected chi connectivity index (χ2v) is 5.59. The summed E-state index contributed by atoms with van der Waals surface area (Å²) in [5.74, 6) is 0.918. The first-order chi connectivity index (χ1) is 9.21. The van der Waals surface area contributed by atoms with Crippen molar-refractivity contribution in [1.82, 2.24) is 25.1 Å². The van der Waals surface area contributed by atoms with Crippen LogP contribution in [0.15, 0.2) is 29.3 Å². The van der Waals surface area contributed by atoms with Gasteiger partial charge in [0.05, 0.1) is 10.7 Å². The number of aromatic amines is 1. The van der Waals surface area contributed by atoms with Gasteiger partial charge < -0.3 is 10.3 Å². The third-order valence-electron chi connectivity index (χ3n) is 3.34. The molecule has 7 heteroatoms. The monoisotopic (exact) mass is 323 g/mol. The fourth-order valence-corrected chi connectivity index (χ4v) is 2.39. The smallest absolute Gasteiger partial charge is 0.248 e. The Kier molecular flexibility index (Phi) is 3.14. The summed E-state index contributed by atoms with van der Waals surface area (Å²) < 4.78 is 2.64. The quantitative estimate of drug-likeness (QED) is 0.868. The first-order valence-electron chi connectivity index (χ1n) is 6.18. The SMILES string of the molecule is O=C(NCCc1ncc[nH]1)C1(n2cc(Br)cn2)CC1. The van der Waals surface area contributed by atoms with Gasteiger partial charge in [0, 0.05) is 31.6 Å². The van der Waals surface area contributed by atoms with Crippen LogP contribution in [0.1, 0.15) is 18.7 Å². The highest BCUT2D eigenvalue weighted by Gasteiger charge is 2.52. The molecule has 1 aliphatic rings. The lowest BCUT2D eigenvalue weighted by atomic mass is 10.2. The summed E-state index contributed by atoms with van der Waals surface area (Å²) in [5.41, 5.74) is -0.477. The Bertz CT molecular complexity index is 573. The molecule has 1 fully saturated rings. The van der Waals surface area contributed by atoms with Gasteiger partial charge in [-0.3, -0.25) is 9.48 Å². The van der Waals surface area contributed by atoms with Crippen LogP contribution >= 0.6 is 15.9 Å². The van der Waals surface area contributed by atoms with E-state index in [1.807, 2.05) is 6.20 Å². The fraction of sp³-hybridized carbons (Fsp3) is 0.417. The van der Waals surface area contributed by atoms with E-state index < -0.39 is 5.54 Å². The average Bonchev–Trinajstić information content (AvgIpc) is 2.83.